The molecule has 0 spiro atoms. The van der Waals surface area contributed by atoms with Gasteiger partial charge in [-0.3, -0.25) is 0 Å². The minimum Gasteiger partial charge on any atom is -0.459 e. The van der Waals surface area contributed by atoms with E-state index in [0.29, 0.717) is 12.6 Å². The van der Waals surface area contributed by atoms with Gasteiger partial charge in [0.05, 0.1) is 0 Å². The van der Waals surface area contributed by atoms with E-state index in [1.807, 2.05) is 6.92 Å². The van der Waals surface area contributed by atoms with E-state index in [2.05, 4.69) is 9.97 Å². The second-order valence-electron chi connectivity index (χ2n) is 2.20. The topological polar surface area (TPSA) is 61.0 Å². The van der Waals surface area contributed by atoms with Crippen LogP contribution in [0.3, 0.4) is 0 Å². The van der Waals surface area contributed by atoms with Gasteiger partial charge >= 0.3 is 6.01 Å². The first-order chi connectivity index (χ1) is 5.33. The molecule has 0 amide bonds. The van der Waals surface area contributed by atoms with Gasteiger partial charge in [-0.2, -0.15) is 0 Å². The molecule has 0 aromatic carbocycles. The summed E-state index contributed by atoms with van der Waals surface area (Å²) in [5.74, 6) is 0. The van der Waals surface area contributed by atoms with Crippen LogP contribution in [-0.2, 0) is 0 Å². The van der Waals surface area contributed by atoms with Crippen LogP contribution in [0, 0.1) is 0 Å². The quantitative estimate of drug-likeness (QED) is 0.674. The molecule has 11 heavy (non-hydrogen) atoms. The van der Waals surface area contributed by atoms with Crippen molar-refractivity contribution < 1.29 is 4.74 Å². The number of nitrogens with two attached hydrogens (primary N) is 1. The number of aromatic nitrogens is 2. The van der Waals surface area contributed by atoms with Crippen molar-refractivity contribution in [3.63, 3.8) is 0 Å². The normalized spacial score (nSPS) is 12.5. The molecule has 0 fully saturated rings. The van der Waals surface area contributed by atoms with E-state index >= 15 is 0 Å². The van der Waals surface area contributed by atoms with Crippen LogP contribution < -0.4 is 10.5 Å². The van der Waals surface area contributed by atoms with Gasteiger partial charge in [-0.25, -0.2) is 9.97 Å². The Kier molecular flexibility index (Phi) is 2.80. The first kappa shape index (κ1) is 7.94. The van der Waals surface area contributed by atoms with Crippen molar-refractivity contribution >= 4 is 0 Å². The average Bonchev–Trinajstić information content (AvgIpc) is 2.06. The molecule has 0 aliphatic carbocycles. The smallest absolute Gasteiger partial charge is 0.316 e. The second-order valence-corrected chi connectivity index (χ2v) is 2.20. The molecule has 0 aliphatic rings. The predicted octanol–water partition coefficient (Wildman–Crippen LogP) is 0.203. The molecule has 2 N–H and O–H groups in total. The standard InChI is InChI=1S/C7H11N3O/c1-6(5-8)11-7-9-3-2-4-10-7/h2-4,6H,5,8H2,1H3. The third-order valence-corrected chi connectivity index (χ3v) is 1.18. The lowest BCUT2D eigenvalue weighted by atomic mass is 10.4. The SMILES string of the molecule is CC(CN)Oc1ncccn1. The molecule has 1 unspecified atom stereocenters. The molecule has 4 nitrogen and oxygen atoms in total. The van der Waals surface area contributed by atoms with Gasteiger partial charge in [0.15, 0.2) is 0 Å². The molecule has 1 rings (SSSR count). The van der Waals surface area contributed by atoms with Gasteiger partial charge in [0, 0.05) is 18.9 Å². The Hall–Kier alpha value is -1.16. The summed E-state index contributed by atoms with van der Waals surface area (Å²) in [7, 11) is 0. The maximum Gasteiger partial charge on any atom is 0.316 e. The molecule has 4 heteroatoms. The minimum atomic E-state index is -0.0302. The van der Waals surface area contributed by atoms with Crippen LogP contribution in [0.2, 0.25) is 0 Å². The molecule has 60 valence electrons. The lowest BCUT2D eigenvalue weighted by Gasteiger charge is -2.08. The molecule has 0 saturated heterocycles. The summed E-state index contributed by atoms with van der Waals surface area (Å²) in [5.41, 5.74) is 5.34. The highest BCUT2D eigenvalue weighted by atomic mass is 16.5. The fourth-order valence-electron chi connectivity index (χ4n) is 0.574. The monoisotopic (exact) mass is 153 g/mol. The van der Waals surface area contributed by atoms with Crippen molar-refractivity contribution in [3.05, 3.63) is 18.5 Å². The van der Waals surface area contributed by atoms with E-state index in [4.69, 9.17) is 10.5 Å². The highest BCUT2D eigenvalue weighted by Crippen LogP contribution is 1.99. The van der Waals surface area contributed by atoms with E-state index in [1.54, 1.807) is 18.5 Å². The number of nitrogens with zero attached hydrogens (tertiary/aromatic N) is 2. The Morgan fingerprint density at radius 2 is 2.18 bits per heavy atom. The summed E-state index contributed by atoms with van der Waals surface area (Å²) in [4.78, 5) is 7.76. The first-order valence-electron chi connectivity index (χ1n) is 3.46. The van der Waals surface area contributed by atoms with Crippen molar-refractivity contribution in [2.75, 3.05) is 6.54 Å². The van der Waals surface area contributed by atoms with Crippen LogP contribution in [0.25, 0.3) is 0 Å². The zero-order valence-electron chi connectivity index (χ0n) is 6.40. The number of hydrogen-bond acceptors (Lipinski definition) is 4. The van der Waals surface area contributed by atoms with Gasteiger partial charge in [-0.1, -0.05) is 0 Å². The minimum absolute atomic E-state index is 0.0302. The third-order valence-electron chi connectivity index (χ3n) is 1.18. The lowest BCUT2D eigenvalue weighted by Crippen LogP contribution is -2.23. The van der Waals surface area contributed by atoms with Crippen LogP contribution >= 0.6 is 0 Å². The largest absolute Gasteiger partial charge is 0.459 e. The van der Waals surface area contributed by atoms with Gasteiger partial charge in [-0.15, -0.1) is 0 Å². The molecular weight excluding hydrogens is 142 g/mol. The van der Waals surface area contributed by atoms with Crippen LogP contribution in [0.1, 0.15) is 6.92 Å². The lowest BCUT2D eigenvalue weighted by molar-refractivity contribution is 0.210. The summed E-state index contributed by atoms with van der Waals surface area (Å²) in [6.07, 6.45) is 3.23. The van der Waals surface area contributed by atoms with Crippen molar-refractivity contribution in [3.8, 4) is 6.01 Å². The summed E-state index contributed by atoms with van der Waals surface area (Å²) in [5, 5.41) is 0. The van der Waals surface area contributed by atoms with Crippen molar-refractivity contribution in [2.45, 2.75) is 13.0 Å². The Morgan fingerprint density at radius 3 is 2.73 bits per heavy atom. The molecular formula is C7H11N3O. The Balaban J connectivity index is 2.51. The van der Waals surface area contributed by atoms with Crippen molar-refractivity contribution in [2.24, 2.45) is 5.73 Å². The first-order valence-corrected chi connectivity index (χ1v) is 3.46. The Bertz CT molecular complexity index is 202. The zero-order chi connectivity index (χ0) is 8.10. The fraction of sp³-hybridized carbons (Fsp3) is 0.429. The molecule has 0 radical (unpaired) electrons. The number of rotatable bonds is 3. The molecule has 1 heterocycles. The molecule has 0 saturated carbocycles. The highest BCUT2D eigenvalue weighted by Gasteiger charge is 2.01. The maximum absolute atomic E-state index is 5.34. The molecule has 1 aromatic rings. The number of hydrogen-bond donors (Lipinski definition) is 1. The summed E-state index contributed by atoms with van der Waals surface area (Å²) in [6.45, 7) is 2.34. The van der Waals surface area contributed by atoms with Gasteiger partial charge in [0.2, 0.25) is 0 Å². The third kappa shape index (κ3) is 2.51. The predicted molar refractivity (Wildman–Crippen MR) is 41.2 cm³/mol. The van der Waals surface area contributed by atoms with Crippen LogP contribution in [-0.4, -0.2) is 22.6 Å². The highest BCUT2D eigenvalue weighted by molar-refractivity contribution is 4.93. The van der Waals surface area contributed by atoms with Crippen LogP contribution in [0.5, 0.6) is 6.01 Å². The van der Waals surface area contributed by atoms with E-state index in [1.165, 1.54) is 0 Å². The molecule has 1 atom stereocenters. The van der Waals surface area contributed by atoms with E-state index in [9.17, 15) is 0 Å². The fourth-order valence-corrected chi connectivity index (χ4v) is 0.574. The summed E-state index contributed by atoms with van der Waals surface area (Å²) in [6, 6.07) is 2.12. The second kappa shape index (κ2) is 3.88. The summed E-state index contributed by atoms with van der Waals surface area (Å²) < 4.78 is 5.22. The van der Waals surface area contributed by atoms with E-state index < -0.39 is 0 Å². The van der Waals surface area contributed by atoms with Gasteiger partial charge in [0.25, 0.3) is 0 Å². The maximum atomic E-state index is 5.34. The average molecular weight is 153 g/mol. The zero-order valence-corrected chi connectivity index (χ0v) is 6.40. The van der Waals surface area contributed by atoms with E-state index in [-0.39, 0.29) is 6.10 Å². The van der Waals surface area contributed by atoms with E-state index in [0.717, 1.165) is 0 Å². The van der Waals surface area contributed by atoms with Crippen molar-refractivity contribution in [1.29, 1.82) is 0 Å². The Labute approximate surface area is 65.4 Å². The van der Waals surface area contributed by atoms with Crippen molar-refractivity contribution in [1.82, 2.24) is 9.97 Å². The van der Waals surface area contributed by atoms with Gasteiger partial charge in [-0.05, 0) is 13.0 Å². The molecule has 0 aliphatic heterocycles. The van der Waals surface area contributed by atoms with Gasteiger partial charge in [0.1, 0.15) is 6.10 Å². The molecule has 0 bridgehead atoms. The summed E-state index contributed by atoms with van der Waals surface area (Å²) >= 11 is 0. The van der Waals surface area contributed by atoms with Gasteiger partial charge < -0.3 is 10.5 Å². The number of ether oxygens (including phenoxy) is 1. The molecule has 1 aromatic heterocycles. The van der Waals surface area contributed by atoms with Crippen LogP contribution in [0.15, 0.2) is 18.5 Å². The Morgan fingerprint density at radius 1 is 1.55 bits per heavy atom. The van der Waals surface area contributed by atoms with Crippen LogP contribution in [0.4, 0.5) is 0 Å².